The lowest BCUT2D eigenvalue weighted by Crippen LogP contribution is -1.90. The van der Waals surface area contributed by atoms with E-state index in [1.165, 1.54) is 97.7 Å². The quantitative estimate of drug-likeness (QED) is 0.193. The van der Waals surface area contributed by atoms with Gasteiger partial charge in [0.1, 0.15) is 0 Å². The van der Waals surface area contributed by atoms with Crippen LogP contribution in [0.3, 0.4) is 0 Å². The molecule has 0 saturated heterocycles. The molecule has 9 aromatic carbocycles. The Morgan fingerprint density at radius 1 is 0.295 bits per heavy atom. The fourth-order valence-electron chi connectivity index (χ4n) is 7.77. The van der Waals surface area contributed by atoms with Crippen LogP contribution in [0.4, 0.5) is 0 Å². The van der Waals surface area contributed by atoms with E-state index < -0.39 is 0 Å². The second-order valence-corrected chi connectivity index (χ2v) is 11.9. The standard InChI is InChI=1S/C43H25N/c1-2-10-35-33(19-18-32(34(35)9-1)26-20-22-44-23-21-26)31-24-30-17-16-29-7-4-12-37-36-11-3-6-27-14-15-28-8-5-13-38(42(28)40(27)36)39(25-31)43(30)41(29)37/h1-25H. The van der Waals surface area contributed by atoms with E-state index >= 15 is 0 Å². The molecule has 44 heavy (non-hydrogen) atoms. The highest BCUT2D eigenvalue weighted by Gasteiger charge is 2.17. The Balaban J connectivity index is 1.42. The van der Waals surface area contributed by atoms with Gasteiger partial charge in [-0.15, -0.1) is 0 Å². The van der Waals surface area contributed by atoms with E-state index in [0.29, 0.717) is 0 Å². The van der Waals surface area contributed by atoms with Crippen molar-refractivity contribution in [2.24, 2.45) is 0 Å². The fraction of sp³-hybridized carbons (Fsp3) is 0. The van der Waals surface area contributed by atoms with Gasteiger partial charge in [0.2, 0.25) is 0 Å². The van der Waals surface area contributed by atoms with Crippen LogP contribution >= 0.6 is 0 Å². The van der Waals surface area contributed by atoms with Crippen molar-refractivity contribution in [1.82, 2.24) is 4.98 Å². The van der Waals surface area contributed by atoms with Gasteiger partial charge in [-0.25, -0.2) is 0 Å². The van der Waals surface area contributed by atoms with E-state index in [9.17, 15) is 0 Å². The maximum Gasteiger partial charge on any atom is 0.0273 e. The summed E-state index contributed by atoms with van der Waals surface area (Å²) in [5.41, 5.74) is 4.89. The monoisotopic (exact) mass is 555 g/mol. The Hall–Kier alpha value is -5.79. The molecule has 0 N–H and O–H groups in total. The molecule has 0 spiro atoms. The first kappa shape index (κ1) is 23.7. The lowest BCUT2D eigenvalue weighted by molar-refractivity contribution is 1.33. The minimum Gasteiger partial charge on any atom is -0.265 e. The van der Waals surface area contributed by atoms with Crippen LogP contribution in [0.15, 0.2) is 152 Å². The number of nitrogens with zero attached hydrogens (tertiary/aromatic N) is 1. The molecule has 0 aliphatic heterocycles. The maximum absolute atomic E-state index is 4.25. The van der Waals surface area contributed by atoms with Crippen LogP contribution in [-0.4, -0.2) is 4.98 Å². The predicted molar refractivity (Wildman–Crippen MR) is 189 cm³/mol. The molecule has 0 saturated carbocycles. The first-order valence-corrected chi connectivity index (χ1v) is 15.2. The van der Waals surface area contributed by atoms with E-state index in [-0.39, 0.29) is 0 Å². The van der Waals surface area contributed by atoms with Gasteiger partial charge >= 0.3 is 0 Å². The van der Waals surface area contributed by atoms with Gasteiger partial charge < -0.3 is 0 Å². The lowest BCUT2D eigenvalue weighted by atomic mass is 9.85. The molecule has 10 aromatic rings. The minimum absolute atomic E-state index is 1.18. The normalized spacial score (nSPS) is 12.1. The Labute approximate surface area is 254 Å². The molecule has 0 unspecified atom stereocenters. The number of pyridine rings is 1. The van der Waals surface area contributed by atoms with Crippen molar-refractivity contribution < 1.29 is 0 Å². The summed E-state index contributed by atoms with van der Waals surface area (Å²) in [6, 6.07) is 51.9. The number of aromatic nitrogens is 1. The molecule has 0 aliphatic carbocycles. The average Bonchev–Trinajstić information content (AvgIpc) is 3.09. The third-order valence-electron chi connectivity index (χ3n) is 9.65. The molecule has 202 valence electrons. The van der Waals surface area contributed by atoms with Crippen molar-refractivity contribution in [3.8, 4) is 22.3 Å². The summed E-state index contributed by atoms with van der Waals surface area (Å²) in [5.74, 6) is 0. The van der Waals surface area contributed by atoms with Crippen molar-refractivity contribution in [1.29, 1.82) is 0 Å². The van der Waals surface area contributed by atoms with E-state index in [4.69, 9.17) is 0 Å². The van der Waals surface area contributed by atoms with Gasteiger partial charge in [0.05, 0.1) is 0 Å². The first-order chi connectivity index (χ1) is 21.8. The van der Waals surface area contributed by atoms with E-state index in [0.717, 1.165) is 0 Å². The second kappa shape index (κ2) is 8.86. The Bertz CT molecular complexity index is 2750. The van der Waals surface area contributed by atoms with Crippen molar-refractivity contribution in [3.05, 3.63) is 152 Å². The number of hydrogen-bond acceptors (Lipinski definition) is 1. The summed E-state index contributed by atoms with van der Waals surface area (Å²) in [6.45, 7) is 0. The SMILES string of the molecule is c1ccc2c(-c3cc4ccc5cccc6c7cccc8ccc9cccc(c(c3)c4c56)c9c87)ccc(-c3ccncc3)c2c1. The summed E-state index contributed by atoms with van der Waals surface area (Å²) >= 11 is 0. The Morgan fingerprint density at radius 2 is 0.750 bits per heavy atom. The highest BCUT2D eigenvalue weighted by atomic mass is 14.6. The van der Waals surface area contributed by atoms with Crippen LogP contribution in [-0.2, 0) is 0 Å². The number of rotatable bonds is 2. The van der Waals surface area contributed by atoms with Crippen LogP contribution in [0.1, 0.15) is 0 Å². The molecule has 1 aromatic heterocycles. The molecule has 0 aliphatic rings. The zero-order valence-corrected chi connectivity index (χ0v) is 23.9. The molecule has 0 amide bonds. The molecule has 0 atom stereocenters. The van der Waals surface area contributed by atoms with Crippen molar-refractivity contribution in [2.75, 3.05) is 0 Å². The summed E-state index contributed by atoms with van der Waals surface area (Å²) in [6.07, 6.45) is 3.74. The first-order valence-electron chi connectivity index (χ1n) is 15.2. The molecule has 10 rings (SSSR count). The van der Waals surface area contributed by atoms with Gasteiger partial charge in [0.15, 0.2) is 0 Å². The van der Waals surface area contributed by atoms with Crippen LogP contribution in [0.25, 0.3) is 97.7 Å². The largest absolute Gasteiger partial charge is 0.265 e. The van der Waals surface area contributed by atoms with Gasteiger partial charge in [-0.3, -0.25) is 4.98 Å². The summed E-state index contributed by atoms with van der Waals surface area (Å²) < 4.78 is 0. The molecular formula is C43H25N. The minimum atomic E-state index is 1.18. The van der Waals surface area contributed by atoms with Crippen LogP contribution in [0.2, 0.25) is 0 Å². The zero-order valence-electron chi connectivity index (χ0n) is 23.9. The summed E-state index contributed by atoms with van der Waals surface area (Å²) in [7, 11) is 0. The second-order valence-electron chi connectivity index (χ2n) is 11.9. The third-order valence-corrected chi connectivity index (χ3v) is 9.65. The molecular weight excluding hydrogens is 530 g/mol. The lowest BCUT2D eigenvalue weighted by Gasteiger charge is -2.18. The Morgan fingerprint density at radius 3 is 1.32 bits per heavy atom. The van der Waals surface area contributed by atoms with E-state index in [1.54, 1.807) is 0 Å². The van der Waals surface area contributed by atoms with Gasteiger partial charge in [-0.05, 0) is 122 Å². The van der Waals surface area contributed by atoms with Gasteiger partial charge in [0.25, 0.3) is 0 Å². The molecule has 1 heteroatoms. The van der Waals surface area contributed by atoms with Crippen LogP contribution in [0, 0.1) is 0 Å². The fourth-order valence-corrected chi connectivity index (χ4v) is 7.77. The Kier molecular flexibility index (Phi) is 4.78. The van der Waals surface area contributed by atoms with E-state index in [2.05, 4.69) is 145 Å². The highest BCUT2D eigenvalue weighted by molar-refractivity contribution is 6.37. The highest BCUT2D eigenvalue weighted by Crippen LogP contribution is 2.45. The number of benzene rings is 8. The molecule has 0 fully saturated rings. The zero-order chi connectivity index (χ0) is 28.8. The van der Waals surface area contributed by atoms with Gasteiger partial charge in [-0.2, -0.15) is 0 Å². The van der Waals surface area contributed by atoms with Gasteiger partial charge in [0, 0.05) is 12.4 Å². The third kappa shape index (κ3) is 3.21. The molecule has 1 heterocycles. The number of fused-ring (bicyclic) bond motifs is 3. The topological polar surface area (TPSA) is 12.9 Å². The molecule has 0 bridgehead atoms. The average molecular weight is 556 g/mol. The van der Waals surface area contributed by atoms with Crippen molar-refractivity contribution >= 4 is 75.4 Å². The predicted octanol–water partition coefficient (Wildman–Crippen LogP) is 11.9. The molecule has 1 nitrogen and oxygen atoms in total. The number of hydrogen-bond donors (Lipinski definition) is 0. The van der Waals surface area contributed by atoms with Crippen molar-refractivity contribution in [3.63, 3.8) is 0 Å². The van der Waals surface area contributed by atoms with Crippen LogP contribution in [0.5, 0.6) is 0 Å². The smallest absolute Gasteiger partial charge is 0.0273 e. The van der Waals surface area contributed by atoms with Crippen molar-refractivity contribution in [2.45, 2.75) is 0 Å². The summed E-state index contributed by atoms with van der Waals surface area (Å²) in [5, 5.41) is 18.2. The van der Waals surface area contributed by atoms with E-state index in [1.807, 2.05) is 12.4 Å². The molecule has 0 radical (unpaired) electrons. The van der Waals surface area contributed by atoms with Crippen LogP contribution < -0.4 is 0 Å². The maximum atomic E-state index is 4.25. The van der Waals surface area contributed by atoms with Gasteiger partial charge in [-0.1, -0.05) is 115 Å². The summed E-state index contributed by atoms with van der Waals surface area (Å²) in [4.78, 5) is 4.25.